The zero-order valence-electron chi connectivity index (χ0n) is 14.1. The molecule has 1 unspecified atom stereocenters. The van der Waals surface area contributed by atoms with Crippen LogP contribution in [0, 0.1) is 0 Å². The van der Waals surface area contributed by atoms with Gasteiger partial charge < -0.3 is 19.9 Å². The molecular weight excluding hydrogens is 334 g/mol. The molecule has 1 aromatic carbocycles. The van der Waals surface area contributed by atoms with Gasteiger partial charge in [0, 0.05) is 35.5 Å². The minimum absolute atomic E-state index is 0.186. The smallest absolute Gasteiger partial charge is 0.326 e. The molecule has 26 heavy (non-hydrogen) atoms. The summed E-state index contributed by atoms with van der Waals surface area (Å²) in [6.45, 7) is 0. The number of para-hydroxylation sites is 1. The molecule has 0 saturated heterocycles. The van der Waals surface area contributed by atoms with Gasteiger partial charge in [-0.1, -0.05) is 23.4 Å². The van der Waals surface area contributed by atoms with Crippen molar-refractivity contribution < 1.29 is 19.2 Å². The molecule has 4 rings (SSSR count). The van der Waals surface area contributed by atoms with Gasteiger partial charge in [-0.25, -0.2) is 4.79 Å². The van der Waals surface area contributed by atoms with Gasteiger partial charge in [0.1, 0.15) is 11.8 Å². The Kier molecular flexibility index (Phi) is 4.20. The lowest BCUT2D eigenvalue weighted by molar-refractivity contribution is -0.139. The second kappa shape index (κ2) is 6.67. The summed E-state index contributed by atoms with van der Waals surface area (Å²) >= 11 is 0. The van der Waals surface area contributed by atoms with E-state index in [2.05, 4.69) is 15.5 Å². The number of carbonyl (C=O) groups excluding carboxylic acids is 1. The van der Waals surface area contributed by atoms with Crippen LogP contribution in [0.4, 0.5) is 0 Å². The molecule has 0 bridgehead atoms. The highest BCUT2D eigenvalue weighted by molar-refractivity contribution is 5.96. The number of H-pyrrole nitrogens is 1. The van der Waals surface area contributed by atoms with Gasteiger partial charge in [-0.2, -0.15) is 0 Å². The lowest BCUT2D eigenvalue weighted by Gasteiger charge is -2.14. The summed E-state index contributed by atoms with van der Waals surface area (Å²) in [6.07, 6.45) is 5.47. The van der Waals surface area contributed by atoms with Crippen molar-refractivity contribution in [3.63, 3.8) is 0 Å². The van der Waals surface area contributed by atoms with Crippen LogP contribution in [0.1, 0.15) is 40.2 Å². The van der Waals surface area contributed by atoms with E-state index < -0.39 is 17.9 Å². The second-order valence-corrected chi connectivity index (χ2v) is 6.57. The molecule has 2 heterocycles. The normalized spacial score (nSPS) is 14.8. The Labute approximate surface area is 149 Å². The molecule has 7 heteroatoms. The summed E-state index contributed by atoms with van der Waals surface area (Å²) in [5.74, 6) is -0.838. The van der Waals surface area contributed by atoms with Crippen LogP contribution in [-0.4, -0.2) is 33.2 Å². The van der Waals surface area contributed by atoms with Crippen molar-refractivity contribution in [2.45, 2.75) is 38.1 Å². The highest BCUT2D eigenvalue weighted by Crippen LogP contribution is 2.24. The number of nitrogens with zero attached hydrogens (tertiary/aromatic N) is 1. The Morgan fingerprint density at radius 2 is 2.08 bits per heavy atom. The number of carbonyl (C=O) groups is 2. The maximum atomic E-state index is 12.6. The van der Waals surface area contributed by atoms with Gasteiger partial charge in [0.05, 0.1) is 0 Å². The number of aromatic nitrogens is 2. The summed E-state index contributed by atoms with van der Waals surface area (Å²) < 4.78 is 5.25. The minimum Gasteiger partial charge on any atom is -0.480 e. The van der Waals surface area contributed by atoms with Gasteiger partial charge >= 0.3 is 5.97 Å². The number of aryl methyl sites for hydroxylation is 1. The quantitative estimate of drug-likeness (QED) is 0.653. The van der Waals surface area contributed by atoms with Crippen molar-refractivity contribution in [1.82, 2.24) is 15.5 Å². The largest absolute Gasteiger partial charge is 0.480 e. The van der Waals surface area contributed by atoms with Crippen molar-refractivity contribution in [3.05, 3.63) is 53.0 Å². The van der Waals surface area contributed by atoms with Crippen LogP contribution in [0.15, 0.2) is 35.0 Å². The Hall–Kier alpha value is -3.09. The van der Waals surface area contributed by atoms with Crippen LogP contribution in [0.2, 0.25) is 0 Å². The first kappa shape index (κ1) is 16.4. The summed E-state index contributed by atoms with van der Waals surface area (Å²) in [6, 6.07) is 6.62. The molecule has 0 aliphatic heterocycles. The van der Waals surface area contributed by atoms with E-state index in [1.54, 1.807) is 6.20 Å². The van der Waals surface area contributed by atoms with Crippen molar-refractivity contribution >= 4 is 22.8 Å². The predicted octanol–water partition coefficient (Wildman–Crippen LogP) is 2.46. The van der Waals surface area contributed by atoms with Crippen molar-refractivity contribution in [2.75, 3.05) is 0 Å². The molecule has 134 valence electrons. The van der Waals surface area contributed by atoms with Gasteiger partial charge in [0.15, 0.2) is 5.69 Å². The van der Waals surface area contributed by atoms with Crippen molar-refractivity contribution in [2.24, 2.45) is 0 Å². The fourth-order valence-electron chi connectivity index (χ4n) is 3.51. The summed E-state index contributed by atoms with van der Waals surface area (Å²) in [4.78, 5) is 27.4. The highest BCUT2D eigenvalue weighted by Gasteiger charge is 2.28. The lowest BCUT2D eigenvalue weighted by atomic mass is 9.96. The summed E-state index contributed by atoms with van der Waals surface area (Å²) in [7, 11) is 0. The maximum Gasteiger partial charge on any atom is 0.326 e. The fourth-order valence-corrected chi connectivity index (χ4v) is 3.51. The average Bonchev–Trinajstić information content (AvgIpc) is 3.25. The Balaban J connectivity index is 1.55. The Morgan fingerprint density at radius 1 is 1.27 bits per heavy atom. The first-order valence-corrected chi connectivity index (χ1v) is 8.69. The van der Waals surface area contributed by atoms with Crippen molar-refractivity contribution in [1.29, 1.82) is 0 Å². The molecule has 0 radical (unpaired) electrons. The Bertz CT molecular complexity index is 972. The van der Waals surface area contributed by atoms with E-state index in [4.69, 9.17) is 4.52 Å². The molecule has 1 aliphatic carbocycles. The number of benzene rings is 1. The van der Waals surface area contributed by atoms with Gasteiger partial charge in [0.25, 0.3) is 5.91 Å². The van der Waals surface area contributed by atoms with E-state index in [9.17, 15) is 14.7 Å². The molecular formula is C19H19N3O4. The standard InChI is InChI=1S/C19H19N3O4/c23-18(17-13-6-2-4-8-16(13)26-22-17)21-15(19(24)25)9-11-10-20-14-7-3-1-5-12(11)14/h1,3,5,7,10,15,20H,2,4,6,8-9H2,(H,21,23)(H,24,25). The Morgan fingerprint density at radius 3 is 2.92 bits per heavy atom. The fraction of sp³-hybridized carbons (Fsp3) is 0.316. The van der Waals surface area contributed by atoms with Crippen LogP contribution in [-0.2, 0) is 24.1 Å². The second-order valence-electron chi connectivity index (χ2n) is 6.57. The van der Waals surface area contributed by atoms with E-state index in [-0.39, 0.29) is 12.1 Å². The summed E-state index contributed by atoms with van der Waals surface area (Å²) in [5.41, 5.74) is 2.80. The summed E-state index contributed by atoms with van der Waals surface area (Å²) in [5, 5.41) is 17.0. The number of aromatic amines is 1. The topological polar surface area (TPSA) is 108 Å². The van der Waals surface area contributed by atoms with Crippen molar-refractivity contribution in [3.8, 4) is 0 Å². The molecule has 0 spiro atoms. The number of amides is 1. The van der Waals surface area contributed by atoms with Crippen LogP contribution in [0.3, 0.4) is 0 Å². The van der Waals surface area contributed by atoms with E-state index >= 15 is 0 Å². The molecule has 3 aromatic rings. The van der Waals surface area contributed by atoms with E-state index in [1.807, 2.05) is 24.3 Å². The maximum absolute atomic E-state index is 12.6. The molecule has 0 saturated carbocycles. The zero-order valence-corrected chi connectivity index (χ0v) is 14.1. The number of carboxylic acid groups (broad SMARTS) is 1. The number of aliphatic carboxylic acids is 1. The van der Waals surface area contributed by atoms with Gasteiger partial charge in [-0.3, -0.25) is 4.79 Å². The number of hydrogen-bond donors (Lipinski definition) is 3. The predicted molar refractivity (Wildman–Crippen MR) is 94.0 cm³/mol. The third-order valence-electron chi connectivity index (χ3n) is 4.87. The third-order valence-corrected chi connectivity index (χ3v) is 4.87. The highest BCUT2D eigenvalue weighted by atomic mass is 16.5. The van der Waals surface area contributed by atoms with Gasteiger partial charge in [0.2, 0.25) is 0 Å². The molecule has 3 N–H and O–H groups in total. The minimum atomic E-state index is -1.08. The molecule has 2 aromatic heterocycles. The number of carboxylic acids is 1. The lowest BCUT2D eigenvalue weighted by Crippen LogP contribution is -2.42. The third kappa shape index (κ3) is 2.96. The average molecular weight is 353 g/mol. The van der Waals surface area contributed by atoms with E-state index in [0.717, 1.165) is 53.5 Å². The number of nitrogens with one attached hydrogen (secondary N) is 2. The number of rotatable bonds is 5. The van der Waals surface area contributed by atoms with Crippen LogP contribution in [0.5, 0.6) is 0 Å². The van der Waals surface area contributed by atoms with Crippen LogP contribution in [0.25, 0.3) is 10.9 Å². The molecule has 7 nitrogen and oxygen atoms in total. The number of fused-ring (bicyclic) bond motifs is 2. The van der Waals surface area contributed by atoms with Crippen LogP contribution < -0.4 is 5.32 Å². The van der Waals surface area contributed by atoms with E-state index in [0.29, 0.717) is 0 Å². The zero-order chi connectivity index (χ0) is 18.1. The first-order valence-electron chi connectivity index (χ1n) is 8.69. The molecule has 1 atom stereocenters. The SMILES string of the molecule is O=C(NC(Cc1c[nH]c2ccccc12)C(=O)O)c1noc2c1CCCC2. The molecule has 0 fully saturated rings. The van der Waals surface area contributed by atoms with Crippen LogP contribution >= 0.6 is 0 Å². The molecule has 1 aliphatic rings. The van der Waals surface area contributed by atoms with Gasteiger partial charge in [-0.15, -0.1) is 0 Å². The van der Waals surface area contributed by atoms with Gasteiger partial charge in [-0.05, 0) is 30.9 Å². The molecule has 1 amide bonds. The van der Waals surface area contributed by atoms with E-state index in [1.165, 1.54) is 0 Å². The first-order chi connectivity index (χ1) is 12.6. The number of hydrogen-bond acceptors (Lipinski definition) is 4. The monoisotopic (exact) mass is 353 g/mol.